The van der Waals surface area contributed by atoms with Gasteiger partial charge >= 0.3 is 11.9 Å². The van der Waals surface area contributed by atoms with Crippen molar-refractivity contribution in [1.29, 1.82) is 0 Å². The maximum absolute atomic E-state index is 11.4. The van der Waals surface area contributed by atoms with E-state index in [9.17, 15) is 14.7 Å². The lowest BCUT2D eigenvalue weighted by Gasteiger charge is -2.29. The quantitative estimate of drug-likeness (QED) is 0.440. The van der Waals surface area contributed by atoms with Gasteiger partial charge in [-0.25, -0.2) is 9.59 Å². The van der Waals surface area contributed by atoms with Crippen molar-refractivity contribution in [3.8, 4) is 0 Å². The van der Waals surface area contributed by atoms with Crippen LogP contribution in [0.1, 0.15) is 52.9 Å². The van der Waals surface area contributed by atoms with E-state index < -0.39 is 18.0 Å². The van der Waals surface area contributed by atoms with Gasteiger partial charge in [-0.2, -0.15) is 0 Å². The zero-order chi connectivity index (χ0) is 17.8. The van der Waals surface area contributed by atoms with Gasteiger partial charge in [0.1, 0.15) is 12.2 Å². The van der Waals surface area contributed by atoms with Gasteiger partial charge < -0.3 is 14.6 Å². The van der Waals surface area contributed by atoms with Crippen molar-refractivity contribution in [3.05, 3.63) is 25.3 Å². The third kappa shape index (κ3) is 8.55. The number of esters is 2. The Morgan fingerprint density at radius 1 is 0.913 bits per heavy atom. The predicted molar refractivity (Wildman–Crippen MR) is 89.8 cm³/mol. The summed E-state index contributed by atoms with van der Waals surface area (Å²) in [5, 5.41) is 10.3. The van der Waals surface area contributed by atoms with Crippen LogP contribution >= 0.6 is 0 Å². The van der Waals surface area contributed by atoms with Crippen molar-refractivity contribution in [2.75, 3.05) is 0 Å². The molecule has 0 aromatic rings. The van der Waals surface area contributed by atoms with Gasteiger partial charge in [-0.15, -0.1) is 0 Å². The first kappa shape index (κ1) is 21.4. The van der Waals surface area contributed by atoms with E-state index >= 15 is 0 Å². The van der Waals surface area contributed by atoms with Crippen molar-refractivity contribution in [1.82, 2.24) is 0 Å². The first-order valence-electron chi connectivity index (χ1n) is 8.25. The first-order chi connectivity index (χ1) is 10.9. The van der Waals surface area contributed by atoms with Gasteiger partial charge in [-0.1, -0.05) is 33.9 Å². The fourth-order valence-corrected chi connectivity index (χ4v) is 2.44. The summed E-state index contributed by atoms with van der Waals surface area (Å²) >= 11 is 0. The van der Waals surface area contributed by atoms with Gasteiger partial charge in [-0.3, -0.25) is 0 Å². The average Bonchev–Trinajstić information content (AvgIpc) is 2.57. The van der Waals surface area contributed by atoms with E-state index in [1.807, 2.05) is 20.8 Å². The zero-order valence-corrected chi connectivity index (χ0v) is 14.5. The fourth-order valence-electron chi connectivity index (χ4n) is 2.44. The topological polar surface area (TPSA) is 72.8 Å². The number of ether oxygens (including phenoxy) is 2. The van der Waals surface area contributed by atoms with E-state index in [1.54, 1.807) is 0 Å². The molecular formula is C18H30O5. The number of carbonyl (C=O) groups is 2. The van der Waals surface area contributed by atoms with Crippen LogP contribution in [0.5, 0.6) is 0 Å². The summed E-state index contributed by atoms with van der Waals surface area (Å²) in [5.74, 6) is -1.05. The molecule has 0 aliphatic carbocycles. The highest BCUT2D eigenvalue weighted by Crippen LogP contribution is 2.25. The molecule has 0 amide bonds. The van der Waals surface area contributed by atoms with Gasteiger partial charge in [-0.05, 0) is 38.0 Å². The SMILES string of the molecule is C=CC(=O)OC(CC)CC(CC(CC)OC(=O)C=C)C(O)CC. The minimum atomic E-state index is -0.539. The van der Waals surface area contributed by atoms with Crippen LogP contribution in [0, 0.1) is 5.92 Å². The summed E-state index contributed by atoms with van der Waals surface area (Å²) in [6.07, 6.45) is 4.07. The summed E-state index contributed by atoms with van der Waals surface area (Å²) in [4.78, 5) is 22.8. The predicted octanol–water partition coefficient (Wildman–Crippen LogP) is 3.17. The minimum absolute atomic E-state index is 0.120. The van der Waals surface area contributed by atoms with Crippen LogP contribution in [0.4, 0.5) is 0 Å². The molecule has 0 heterocycles. The molecule has 3 unspecified atom stereocenters. The molecule has 0 spiro atoms. The van der Waals surface area contributed by atoms with Crippen LogP contribution in [0.2, 0.25) is 0 Å². The molecule has 0 saturated heterocycles. The molecule has 23 heavy (non-hydrogen) atoms. The van der Waals surface area contributed by atoms with Crippen LogP contribution in [0.15, 0.2) is 25.3 Å². The molecule has 0 aliphatic heterocycles. The van der Waals surface area contributed by atoms with Crippen molar-refractivity contribution in [2.24, 2.45) is 5.92 Å². The molecule has 0 aromatic heterocycles. The highest BCUT2D eigenvalue weighted by molar-refractivity contribution is 5.81. The van der Waals surface area contributed by atoms with E-state index in [1.165, 1.54) is 0 Å². The minimum Gasteiger partial charge on any atom is -0.459 e. The van der Waals surface area contributed by atoms with Gasteiger partial charge in [0.2, 0.25) is 0 Å². The van der Waals surface area contributed by atoms with Gasteiger partial charge in [0, 0.05) is 12.2 Å². The Balaban J connectivity index is 4.90. The van der Waals surface area contributed by atoms with Crippen molar-refractivity contribution >= 4 is 11.9 Å². The van der Waals surface area contributed by atoms with E-state index in [4.69, 9.17) is 9.47 Å². The summed E-state index contributed by atoms with van der Waals surface area (Å²) in [6, 6.07) is 0. The van der Waals surface area contributed by atoms with Crippen molar-refractivity contribution in [2.45, 2.75) is 71.2 Å². The number of rotatable bonds is 12. The van der Waals surface area contributed by atoms with Gasteiger partial charge in [0.05, 0.1) is 6.10 Å². The highest BCUT2D eigenvalue weighted by Gasteiger charge is 2.27. The fraction of sp³-hybridized carbons (Fsp3) is 0.667. The Kier molecular flexibility index (Phi) is 11.0. The smallest absolute Gasteiger partial charge is 0.330 e. The second-order valence-electron chi connectivity index (χ2n) is 5.55. The van der Waals surface area contributed by atoms with E-state index in [2.05, 4.69) is 13.2 Å². The lowest BCUT2D eigenvalue weighted by Crippen LogP contribution is -2.31. The lowest BCUT2D eigenvalue weighted by molar-refractivity contribution is -0.146. The number of aliphatic hydroxyl groups excluding tert-OH is 1. The third-order valence-electron chi connectivity index (χ3n) is 3.90. The molecule has 1 N–H and O–H groups in total. The standard InChI is InChI=1S/C18H30O5/c1-6-14(22-17(20)9-4)11-13(16(19)8-3)12-15(7-2)23-18(21)10-5/h9-10,13-16,19H,4-8,11-12H2,1-3H3. The molecule has 5 nitrogen and oxygen atoms in total. The van der Waals surface area contributed by atoms with E-state index in [0.717, 1.165) is 12.2 Å². The van der Waals surface area contributed by atoms with Crippen molar-refractivity contribution < 1.29 is 24.2 Å². The number of carbonyl (C=O) groups excluding carboxylic acids is 2. The van der Waals surface area contributed by atoms with Crippen LogP contribution in [-0.2, 0) is 19.1 Å². The molecule has 0 bridgehead atoms. The Morgan fingerprint density at radius 2 is 1.30 bits per heavy atom. The second-order valence-corrected chi connectivity index (χ2v) is 5.55. The Bertz CT molecular complexity index is 359. The maximum atomic E-state index is 11.4. The largest absolute Gasteiger partial charge is 0.459 e. The summed E-state index contributed by atoms with van der Waals surface area (Å²) < 4.78 is 10.6. The normalized spacial score (nSPS) is 15.8. The maximum Gasteiger partial charge on any atom is 0.330 e. The molecule has 0 radical (unpaired) electrons. The lowest BCUT2D eigenvalue weighted by atomic mass is 9.87. The molecule has 5 heteroatoms. The third-order valence-corrected chi connectivity index (χ3v) is 3.90. The molecule has 0 aliphatic rings. The van der Waals surface area contributed by atoms with E-state index in [-0.39, 0.29) is 18.1 Å². The number of hydrogen-bond donors (Lipinski definition) is 1. The molecule has 0 aromatic carbocycles. The van der Waals surface area contributed by atoms with Gasteiger partial charge in [0.25, 0.3) is 0 Å². The van der Waals surface area contributed by atoms with Crippen LogP contribution < -0.4 is 0 Å². The summed E-state index contributed by atoms with van der Waals surface area (Å²) in [6.45, 7) is 12.5. The highest BCUT2D eigenvalue weighted by atomic mass is 16.5. The van der Waals surface area contributed by atoms with Crippen LogP contribution in [-0.4, -0.2) is 35.4 Å². The first-order valence-corrected chi connectivity index (χ1v) is 8.25. The van der Waals surface area contributed by atoms with E-state index in [0.29, 0.717) is 32.1 Å². The Labute approximate surface area is 139 Å². The van der Waals surface area contributed by atoms with Gasteiger partial charge in [0.15, 0.2) is 0 Å². The van der Waals surface area contributed by atoms with Crippen molar-refractivity contribution in [3.63, 3.8) is 0 Å². The van der Waals surface area contributed by atoms with Crippen LogP contribution in [0.3, 0.4) is 0 Å². The number of hydrogen-bond acceptors (Lipinski definition) is 5. The molecule has 0 saturated carbocycles. The second kappa shape index (κ2) is 11.9. The zero-order valence-electron chi connectivity index (χ0n) is 14.5. The molecule has 0 rings (SSSR count). The van der Waals surface area contributed by atoms with Crippen LogP contribution in [0.25, 0.3) is 0 Å². The summed E-state index contributed by atoms with van der Waals surface area (Å²) in [7, 11) is 0. The monoisotopic (exact) mass is 326 g/mol. The molecule has 132 valence electrons. The molecule has 3 atom stereocenters. The number of aliphatic hydroxyl groups is 1. The summed E-state index contributed by atoms with van der Waals surface area (Å²) in [5.41, 5.74) is 0. The molecular weight excluding hydrogens is 296 g/mol. The Hall–Kier alpha value is -1.62. The molecule has 0 fully saturated rings. The Morgan fingerprint density at radius 3 is 1.57 bits per heavy atom. The average molecular weight is 326 g/mol.